The van der Waals surface area contributed by atoms with Crippen LogP contribution in [0.1, 0.15) is 127 Å². The molecule has 0 aliphatic heterocycles. The molecule has 93 heavy (non-hydrogen) atoms. The predicted octanol–water partition coefficient (Wildman–Crippen LogP) is -7.33. The standard InChI is InChI=1S/C55H93N17O21/c1-24(2)17-33(47(85)62-23-39(76)65-30(11-10-16-60-55(58)59)49(87)70-35(54(92)93)18-25(3)4)68-45(83)28(9)64-48(86)31(12-14-40(77)78)66-38(75)22-61-37(74)21-63-52(90)43(26(5)6)72-50(88)32(13-15-41(79)80)67-51(89)34(20-42(81)82)69-53(91)44(27(7)8)71-46(84)29(56)19-36(57)73/h24-35,43-44H,10-23,56H2,1-9H3,(H2,57,73)(H,61,74)(H,62,85)(H,63,90)(H,64,86)(H,65,76)(H,66,75)(H,67,89)(H,68,83)(H,69,91)(H,70,87)(H,71,84)(H,72,88)(H,77,78)(H,79,80)(H,81,82)(H,92,93)(H4,58,59,60)/t28-,29-,30-,31-,32-,33-,34-,35-,43-,44-/m0/s1. The summed E-state index contributed by atoms with van der Waals surface area (Å²) in [6.07, 6.45) is -4.10. The monoisotopic (exact) mass is 1330 g/mol. The van der Waals surface area contributed by atoms with Gasteiger partial charge < -0.3 is 107 Å². The molecule has 13 amide bonds. The van der Waals surface area contributed by atoms with Crippen molar-refractivity contribution in [3.63, 3.8) is 0 Å². The molecule has 0 aliphatic carbocycles. The van der Waals surface area contributed by atoms with E-state index in [1.807, 2.05) is 0 Å². The van der Waals surface area contributed by atoms with Gasteiger partial charge in [0.2, 0.25) is 76.8 Å². The molecule has 0 aromatic rings. The summed E-state index contributed by atoms with van der Waals surface area (Å²) in [5.74, 6) is -21.0. The fourth-order valence-electron chi connectivity index (χ4n) is 8.30. The number of aliphatic imine (C=N–C) groups is 1. The van der Waals surface area contributed by atoms with Crippen LogP contribution < -0.4 is 86.7 Å². The average Bonchev–Trinajstić information content (AvgIpc) is 1.47. The number of nitrogens with one attached hydrogen (secondary N) is 12. The second kappa shape index (κ2) is 42.3. The number of carboxylic acids is 4. The van der Waals surface area contributed by atoms with Gasteiger partial charge in [0, 0.05) is 19.4 Å². The van der Waals surface area contributed by atoms with Crippen molar-refractivity contribution in [3.8, 4) is 0 Å². The topological polar surface area (TPSA) is 632 Å². The van der Waals surface area contributed by atoms with Gasteiger partial charge in [0.05, 0.1) is 38.5 Å². The molecule has 24 N–H and O–H groups in total. The molecular weight excluding hydrogens is 1230 g/mol. The van der Waals surface area contributed by atoms with Gasteiger partial charge in [0.1, 0.15) is 54.4 Å². The highest BCUT2D eigenvalue weighted by atomic mass is 16.4. The van der Waals surface area contributed by atoms with E-state index in [-0.39, 0.29) is 50.0 Å². The Hall–Kier alpha value is -9.78. The molecule has 0 bridgehead atoms. The Morgan fingerprint density at radius 1 is 0.387 bits per heavy atom. The summed E-state index contributed by atoms with van der Waals surface area (Å²) in [5, 5.41) is 65.7. The molecule has 38 heteroatoms. The number of nitrogens with two attached hydrogens (primary N) is 4. The zero-order valence-electron chi connectivity index (χ0n) is 53.5. The maximum Gasteiger partial charge on any atom is 0.326 e. The zero-order valence-corrected chi connectivity index (χ0v) is 53.5. The van der Waals surface area contributed by atoms with E-state index in [1.54, 1.807) is 27.7 Å². The first kappa shape index (κ1) is 83.2. The van der Waals surface area contributed by atoms with Crippen molar-refractivity contribution in [3.05, 3.63) is 0 Å². The Labute approximate surface area is 535 Å². The SMILES string of the molecule is CC(C)C[C@H](NC(=O)[C@H](CCCN=C(N)N)NC(=O)CNC(=O)[C@H](CC(C)C)NC(=O)[C@H](C)NC(=O)[C@H](CCC(=O)O)NC(=O)CNC(=O)CNC(=O)[C@@H](NC(=O)[C@H](CCC(=O)O)NC(=O)[C@H](CC(=O)O)NC(=O)[C@@H](NC(=O)[C@@H](N)CC(N)=O)C(C)C)C(C)C)C(=O)O. The summed E-state index contributed by atoms with van der Waals surface area (Å²) < 4.78 is 0. The average molecular weight is 1330 g/mol. The number of primary amides is 1. The van der Waals surface area contributed by atoms with Crippen LogP contribution in [0.25, 0.3) is 0 Å². The largest absolute Gasteiger partial charge is 0.481 e. The lowest BCUT2D eigenvalue weighted by molar-refractivity contribution is -0.143. The number of aliphatic carboxylic acids is 4. The van der Waals surface area contributed by atoms with Gasteiger partial charge in [-0.2, -0.15) is 0 Å². The Kier molecular flexibility index (Phi) is 37.9. The summed E-state index contributed by atoms with van der Waals surface area (Å²) in [6.45, 7) is 11.6. The third-order valence-electron chi connectivity index (χ3n) is 13.1. The highest BCUT2D eigenvalue weighted by molar-refractivity contribution is 5.99. The van der Waals surface area contributed by atoms with E-state index in [2.05, 4.69) is 68.8 Å². The smallest absolute Gasteiger partial charge is 0.326 e. The second-order valence-corrected chi connectivity index (χ2v) is 23.2. The van der Waals surface area contributed by atoms with Gasteiger partial charge in [-0.15, -0.1) is 0 Å². The van der Waals surface area contributed by atoms with Gasteiger partial charge in [-0.3, -0.25) is 81.7 Å². The second-order valence-electron chi connectivity index (χ2n) is 23.2. The number of carboxylic acid groups (broad SMARTS) is 4. The van der Waals surface area contributed by atoms with E-state index in [1.165, 1.54) is 34.6 Å². The van der Waals surface area contributed by atoms with Crippen LogP contribution in [0.5, 0.6) is 0 Å². The van der Waals surface area contributed by atoms with Gasteiger partial charge in [0.25, 0.3) is 0 Å². The molecule has 524 valence electrons. The van der Waals surface area contributed by atoms with Gasteiger partial charge >= 0.3 is 23.9 Å². The summed E-state index contributed by atoms with van der Waals surface area (Å²) in [7, 11) is 0. The molecule has 0 radical (unpaired) electrons. The van der Waals surface area contributed by atoms with E-state index in [4.69, 9.17) is 22.9 Å². The van der Waals surface area contributed by atoms with Crippen LogP contribution in [-0.4, -0.2) is 214 Å². The number of amides is 13. The molecule has 0 aromatic carbocycles. The predicted molar refractivity (Wildman–Crippen MR) is 326 cm³/mol. The first-order chi connectivity index (χ1) is 43.1. The van der Waals surface area contributed by atoms with Gasteiger partial charge in [0.15, 0.2) is 5.96 Å². The molecule has 0 fully saturated rings. The van der Waals surface area contributed by atoms with E-state index in [9.17, 15) is 102 Å². The molecule has 0 heterocycles. The molecule has 10 atom stereocenters. The first-order valence-electron chi connectivity index (χ1n) is 29.7. The number of guanidine groups is 1. The minimum absolute atomic E-state index is 0.00155. The molecule has 0 aromatic heterocycles. The molecule has 38 nitrogen and oxygen atoms in total. The van der Waals surface area contributed by atoms with E-state index in [0.717, 1.165) is 0 Å². The van der Waals surface area contributed by atoms with Crippen molar-refractivity contribution in [2.75, 3.05) is 26.2 Å². The van der Waals surface area contributed by atoms with Crippen molar-refractivity contribution >= 4 is 107 Å². The summed E-state index contributed by atoms with van der Waals surface area (Å²) in [5.41, 5.74) is 21.5. The van der Waals surface area contributed by atoms with Crippen LogP contribution in [-0.2, 0) is 81.5 Å². The number of rotatable bonds is 45. The minimum atomic E-state index is -1.95. The number of carbonyl (C=O) groups excluding carboxylic acids is 13. The van der Waals surface area contributed by atoms with Crippen molar-refractivity contribution < 1.29 is 102 Å². The normalized spacial score (nSPS) is 14.2. The van der Waals surface area contributed by atoms with Crippen LogP contribution in [0.15, 0.2) is 4.99 Å². The molecule has 0 saturated heterocycles. The van der Waals surface area contributed by atoms with Gasteiger partial charge in [-0.1, -0.05) is 55.4 Å². The Balaban J connectivity index is 6.02. The molecule has 0 rings (SSSR count). The molecule has 0 unspecified atom stereocenters. The molecule has 0 spiro atoms. The lowest BCUT2D eigenvalue weighted by Crippen LogP contribution is -2.60. The molecule has 0 saturated carbocycles. The summed E-state index contributed by atoms with van der Waals surface area (Å²) >= 11 is 0. The lowest BCUT2D eigenvalue weighted by atomic mass is 10.0. The van der Waals surface area contributed by atoms with E-state index >= 15 is 0 Å². The van der Waals surface area contributed by atoms with Crippen molar-refractivity contribution in [1.29, 1.82) is 0 Å². The quantitative estimate of drug-likeness (QED) is 0.0153. The van der Waals surface area contributed by atoms with Crippen LogP contribution in [0, 0.1) is 23.7 Å². The maximum absolute atomic E-state index is 13.7. The van der Waals surface area contributed by atoms with E-state index in [0.29, 0.717) is 0 Å². The molecular formula is C55H93N17O21. The molecule has 0 aliphatic rings. The van der Waals surface area contributed by atoms with Crippen LogP contribution in [0.3, 0.4) is 0 Å². The van der Waals surface area contributed by atoms with Crippen molar-refractivity contribution in [1.82, 2.24) is 63.8 Å². The van der Waals surface area contributed by atoms with Crippen LogP contribution in [0.4, 0.5) is 0 Å². The number of nitrogens with zero attached hydrogens (tertiary/aromatic N) is 1. The zero-order chi connectivity index (χ0) is 71.6. The first-order valence-corrected chi connectivity index (χ1v) is 29.7. The highest BCUT2D eigenvalue weighted by Gasteiger charge is 2.36. The number of hydrogen-bond acceptors (Lipinski definition) is 19. The Morgan fingerprint density at radius 3 is 1.28 bits per heavy atom. The van der Waals surface area contributed by atoms with Crippen molar-refractivity contribution in [2.45, 2.75) is 187 Å². The summed E-state index contributed by atoms with van der Waals surface area (Å²) in [4.78, 5) is 221. The lowest BCUT2D eigenvalue weighted by Gasteiger charge is -2.28. The fourth-order valence-corrected chi connectivity index (χ4v) is 8.30. The Morgan fingerprint density at radius 2 is 0.796 bits per heavy atom. The van der Waals surface area contributed by atoms with Gasteiger partial charge in [-0.25, -0.2) is 4.79 Å². The summed E-state index contributed by atoms with van der Waals surface area (Å²) in [6, 6.07) is -15.2. The fraction of sp³-hybridized carbons (Fsp3) is 0.673. The minimum Gasteiger partial charge on any atom is -0.481 e. The third kappa shape index (κ3) is 35.4. The highest BCUT2D eigenvalue weighted by Crippen LogP contribution is 2.11. The van der Waals surface area contributed by atoms with E-state index < -0.39 is 231 Å². The maximum atomic E-state index is 13.7. The Bertz CT molecular complexity index is 2700. The van der Waals surface area contributed by atoms with Crippen LogP contribution in [0.2, 0.25) is 0 Å². The number of carbonyl (C=O) groups is 17. The van der Waals surface area contributed by atoms with Crippen molar-refractivity contribution in [2.24, 2.45) is 51.6 Å². The number of hydrogen-bond donors (Lipinski definition) is 20. The van der Waals surface area contributed by atoms with Gasteiger partial charge in [-0.05, 0) is 69.1 Å². The third-order valence-corrected chi connectivity index (χ3v) is 13.1. The van der Waals surface area contributed by atoms with Crippen LogP contribution >= 0.6 is 0 Å².